The molecule has 1 atom stereocenters. The Morgan fingerprint density at radius 2 is 1.47 bits per heavy atom. The Morgan fingerprint density at radius 1 is 0.947 bits per heavy atom. The molecule has 1 unspecified atom stereocenters. The number of likely N-dealkylation sites (N-methyl/N-ethyl adjacent to an activating group) is 1. The maximum Gasteiger partial charge on any atom is 0.195 e. The fourth-order valence-corrected chi connectivity index (χ4v) is 2.09. The Kier molecular flexibility index (Phi) is 5.83. The van der Waals surface area contributed by atoms with E-state index in [1.165, 1.54) is 5.56 Å². The van der Waals surface area contributed by atoms with Crippen LogP contribution in [0.2, 0.25) is 0 Å². The lowest BCUT2D eigenvalue weighted by Gasteiger charge is -2.26. The number of hydrogen-bond donors (Lipinski definition) is 0. The van der Waals surface area contributed by atoms with Crippen molar-refractivity contribution in [2.24, 2.45) is 4.99 Å². The van der Waals surface area contributed by atoms with Crippen LogP contribution in [0.15, 0.2) is 35.3 Å². The highest BCUT2D eigenvalue weighted by atomic mass is 15.3. The summed E-state index contributed by atoms with van der Waals surface area (Å²) < 4.78 is 0. The van der Waals surface area contributed by atoms with Crippen LogP contribution in [0.5, 0.6) is 0 Å². The SMILES string of the molecule is CN(C)C(=NCC(c1ccccc1)N(C)C)N(C)C. The molecule has 0 saturated carbocycles. The third kappa shape index (κ3) is 4.56. The van der Waals surface area contributed by atoms with Gasteiger partial charge in [0.25, 0.3) is 0 Å². The molecule has 0 N–H and O–H groups in total. The summed E-state index contributed by atoms with van der Waals surface area (Å²) in [6.45, 7) is 0.753. The van der Waals surface area contributed by atoms with Gasteiger partial charge >= 0.3 is 0 Å². The van der Waals surface area contributed by atoms with Gasteiger partial charge in [-0.3, -0.25) is 4.99 Å². The molecule has 4 heteroatoms. The van der Waals surface area contributed by atoms with Gasteiger partial charge in [0.05, 0.1) is 12.6 Å². The fraction of sp³-hybridized carbons (Fsp3) is 0.533. The van der Waals surface area contributed by atoms with Crippen LogP contribution in [0, 0.1) is 0 Å². The molecule has 1 aromatic carbocycles. The van der Waals surface area contributed by atoms with Crippen LogP contribution in [-0.2, 0) is 0 Å². The van der Waals surface area contributed by atoms with Gasteiger partial charge in [0.1, 0.15) is 0 Å². The monoisotopic (exact) mass is 262 g/mol. The van der Waals surface area contributed by atoms with Crippen LogP contribution < -0.4 is 0 Å². The van der Waals surface area contributed by atoms with Crippen molar-refractivity contribution in [3.63, 3.8) is 0 Å². The van der Waals surface area contributed by atoms with E-state index in [2.05, 4.69) is 43.3 Å². The Labute approximate surface area is 117 Å². The number of benzene rings is 1. The van der Waals surface area contributed by atoms with E-state index >= 15 is 0 Å². The molecule has 106 valence electrons. The quantitative estimate of drug-likeness (QED) is 0.610. The number of aliphatic imine (C=N–C) groups is 1. The molecule has 0 saturated heterocycles. The molecular weight excluding hydrogens is 236 g/mol. The zero-order valence-corrected chi connectivity index (χ0v) is 13.0. The topological polar surface area (TPSA) is 22.1 Å². The second kappa shape index (κ2) is 7.14. The molecular formula is C15H26N4. The van der Waals surface area contributed by atoms with Crippen molar-refractivity contribution >= 4 is 5.96 Å². The summed E-state index contributed by atoms with van der Waals surface area (Å²) in [5, 5.41) is 0. The fourth-order valence-electron chi connectivity index (χ4n) is 2.09. The Morgan fingerprint density at radius 3 is 1.89 bits per heavy atom. The third-order valence-corrected chi connectivity index (χ3v) is 3.01. The highest BCUT2D eigenvalue weighted by molar-refractivity contribution is 5.79. The highest BCUT2D eigenvalue weighted by Gasteiger charge is 2.14. The molecule has 0 aliphatic carbocycles. The lowest BCUT2D eigenvalue weighted by atomic mass is 10.1. The summed E-state index contributed by atoms with van der Waals surface area (Å²) in [6.07, 6.45) is 0. The lowest BCUT2D eigenvalue weighted by Crippen LogP contribution is -2.36. The molecule has 0 aliphatic heterocycles. The van der Waals surface area contributed by atoms with Crippen LogP contribution in [0.1, 0.15) is 11.6 Å². The molecule has 0 spiro atoms. The van der Waals surface area contributed by atoms with E-state index in [-0.39, 0.29) is 0 Å². The van der Waals surface area contributed by atoms with Gasteiger partial charge in [-0.25, -0.2) is 0 Å². The summed E-state index contributed by atoms with van der Waals surface area (Å²) in [4.78, 5) is 11.0. The molecule has 19 heavy (non-hydrogen) atoms. The Bertz CT molecular complexity index is 386. The first-order valence-corrected chi connectivity index (χ1v) is 6.54. The second-order valence-electron chi connectivity index (χ2n) is 5.32. The summed E-state index contributed by atoms with van der Waals surface area (Å²) in [5.74, 6) is 0.989. The van der Waals surface area contributed by atoms with E-state index in [4.69, 9.17) is 4.99 Å². The number of hydrogen-bond acceptors (Lipinski definition) is 2. The van der Waals surface area contributed by atoms with Crippen molar-refractivity contribution in [1.82, 2.24) is 14.7 Å². The van der Waals surface area contributed by atoms with E-state index in [0.717, 1.165) is 12.5 Å². The lowest BCUT2D eigenvalue weighted by molar-refractivity contribution is 0.304. The molecule has 0 heterocycles. The van der Waals surface area contributed by atoms with Gasteiger partial charge in [-0.2, -0.15) is 0 Å². The van der Waals surface area contributed by atoms with Crippen molar-refractivity contribution in [1.29, 1.82) is 0 Å². The first-order valence-electron chi connectivity index (χ1n) is 6.54. The number of nitrogens with zero attached hydrogens (tertiary/aromatic N) is 4. The smallest absolute Gasteiger partial charge is 0.195 e. The molecule has 0 bridgehead atoms. The average Bonchev–Trinajstić information content (AvgIpc) is 2.34. The Hall–Kier alpha value is -1.55. The maximum atomic E-state index is 4.75. The van der Waals surface area contributed by atoms with Crippen molar-refractivity contribution in [2.45, 2.75) is 6.04 Å². The standard InChI is InChI=1S/C15H26N4/c1-17(2)14(13-10-8-7-9-11-13)12-16-15(18(3)4)19(5)6/h7-11,14H,12H2,1-6H3. The van der Waals surface area contributed by atoms with Gasteiger partial charge in [-0.15, -0.1) is 0 Å². The van der Waals surface area contributed by atoms with E-state index in [0.29, 0.717) is 6.04 Å². The summed E-state index contributed by atoms with van der Waals surface area (Å²) in [6, 6.07) is 10.8. The minimum Gasteiger partial charge on any atom is -0.349 e. The first-order chi connectivity index (χ1) is 8.93. The Balaban J connectivity index is 2.89. The molecule has 0 aromatic heterocycles. The molecule has 0 amide bonds. The second-order valence-corrected chi connectivity index (χ2v) is 5.32. The number of rotatable bonds is 4. The van der Waals surface area contributed by atoms with Crippen LogP contribution in [0.4, 0.5) is 0 Å². The normalized spacial score (nSPS) is 12.2. The zero-order chi connectivity index (χ0) is 14.4. The van der Waals surface area contributed by atoms with Crippen molar-refractivity contribution in [2.75, 3.05) is 48.8 Å². The number of guanidine groups is 1. The zero-order valence-electron chi connectivity index (χ0n) is 13.0. The molecule has 4 nitrogen and oxygen atoms in total. The van der Waals surface area contributed by atoms with E-state index < -0.39 is 0 Å². The van der Waals surface area contributed by atoms with Crippen LogP contribution in [0.25, 0.3) is 0 Å². The molecule has 1 rings (SSSR count). The van der Waals surface area contributed by atoms with E-state index in [1.54, 1.807) is 0 Å². The van der Waals surface area contributed by atoms with Crippen LogP contribution in [-0.4, -0.2) is 69.5 Å². The minimum atomic E-state index is 0.302. The molecule has 1 aromatic rings. The predicted molar refractivity (Wildman–Crippen MR) is 82.5 cm³/mol. The maximum absolute atomic E-state index is 4.75. The minimum absolute atomic E-state index is 0.302. The van der Waals surface area contributed by atoms with Gasteiger partial charge in [-0.05, 0) is 19.7 Å². The van der Waals surface area contributed by atoms with E-state index in [9.17, 15) is 0 Å². The molecule has 0 radical (unpaired) electrons. The summed E-state index contributed by atoms with van der Waals surface area (Å²) >= 11 is 0. The van der Waals surface area contributed by atoms with E-state index in [1.807, 2.05) is 44.1 Å². The highest BCUT2D eigenvalue weighted by Crippen LogP contribution is 2.18. The summed E-state index contributed by atoms with van der Waals surface area (Å²) in [5.41, 5.74) is 1.30. The predicted octanol–water partition coefficient (Wildman–Crippen LogP) is 1.77. The summed E-state index contributed by atoms with van der Waals surface area (Å²) in [7, 11) is 12.3. The van der Waals surface area contributed by atoms with Gasteiger partial charge < -0.3 is 14.7 Å². The average molecular weight is 262 g/mol. The largest absolute Gasteiger partial charge is 0.349 e. The first kappa shape index (κ1) is 15.5. The van der Waals surface area contributed by atoms with Crippen molar-refractivity contribution < 1.29 is 0 Å². The van der Waals surface area contributed by atoms with Gasteiger partial charge in [0, 0.05) is 28.2 Å². The van der Waals surface area contributed by atoms with Gasteiger partial charge in [-0.1, -0.05) is 30.3 Å². The molecule has 0 fully saturated rings. The van der Waals surface area contributed by atoms with Crippen molar-refractivity contribution in [3.8, 4) is 0 Å². The van der Waals surface area contributed by atoms with Crippen LogP contribution >= 0.6 is 0 Å². The van der Waals surface area contributed by atoms with Gasteiger partial charge in [0.2, 0.25) is 0 Å². The third-order valence-electron chi connectivity index (χ3n) is 3.01. The van der Waals surface area contributed by atoms with Crippen LogP contribution in [0.3, 0.4) is 0 Å². The van der Waals surface area contributed by atoms with Crippen molar-refractivity contribution in [3.05, 3.63) is 35.9 Å². The van der Waals surface area contributed by atoms with Gasteiger partial charge in [0.15, 0.2) is 5.96 Å². The molecule has 0 aliphatic rings.